The van der Waals surface area contributed by atoms with Gasteiger partial charge in [0.2, 0.25) is 0 Å². The van der Waals surface area contributed by atoms with Gasteiger partial charge in [-0.2, -0.15) is 0 Å². The summed E-state index contributed by atoms with van der Waals surface area (Å²) < 4.78 is 6.93. The number of nitrogens with two attached hydrogens (primary N) is 1. The van der Waals surface area contributed by atoms with Crippen LogP contribution in [0.3, 0.4) is 0 Å². The van der Waals surface area contributed by atoms with Gasteiger partial charge in [0.15, 0.2) is 0 Å². The molecule has 0 spiro atoms. The highest BCUT2D eigenvalue weighted by atomic mass is 79.9. The summed E-state index contributed by atoms with van der Waals surface area (Å²) in [5.41, 5.74) is 6.56. The first-order valence-corrected chi connectivity index (χ1v) is 7.70. The van der Waals surface area contributed by atoms with Crippen LogP contribution in [0.5, 0.6) is 11.5 Å². The molecule has 0 aliphatic heterocycles. The third-order valence-electron chi connectivity index (χ3n) is 3.33. The van der Waals surface area contributed by atoms with Crippen molar-refractivity contribution in [3.05, 3.63) is 69.7 Å². The number of rotatable bonds is 3. The molecule has 0 atom stereocenters. The number of hydrogen-bond acceptors (Lipinski definition) is 2. The summed E-state index contributed by atoms with van der Waals surface area (Å²) in [7, 11) is 0. The van der Waals surface area contributed by atoms with Crippen molar-refractivity contribution in [2.75, 3.05) is 0 Å². The maximum Gasteiger partial charge on any atom is 0.142 e. The Balaban J connectivity index is 2.07. The fourth-order valence-electron chi connectivity index (χ4n) is 2.24. The molecule has 0 bridgehead atoms. The highest BCUT2D eigenvalue weighted by Crippen LogP contribution is 2.37. The van der Waals surface area contributed by atoms with Crippen LogP contribution in [-0.4, -0.2) is 0 Å². The van der Waals surface area contributed by atoms with E-state index in [1.807, 2.05) is 48.5 Å². The summed E-state index contributed by atoms with van der Waals surface area (Å²) >= 11 is 9.77. The van der Waals surface area contributed by atoms with E-state index in [0.717, 1.165) is 26.6 Å². The monoisotopic (exact) mass is 361 g/mol. The normalized spacial score (nSPS) is 10.8. The minimum absolute atomic E-state index is 0.334. The lowest BCUT2D eigenvalue weighted by atomic mass is 10.1. The number of hydrogen-bond donors (Lipinski definition) is 1. The standard InChI is InChI=1S/C17H13BrClNO/c18-17-12-5-2-1-4-11(12)8-9-16(17)21-15-7-3-6-14(19)13(15)10-20/h1-9H,10,20H2. The van der Waals surface area contributed by atoms with Crippen molar-refractivity contribution in [1.82, 2.24) is 0 Å². The molecule has 0 aliphatic rings. The highest BCUT2D eigenvalue weighted by Gasteiger charge is 2.11. The Morgan fingerprint density at radius 2 is 1.76 bits per heavy atom. The van der Waals surface area contributed by atoms with Crippen LogP contribution in [-0.2, 0) is 6.54 Å². The van der Waals surface area contributed by atoms with Crippen LogP contribution in [0.1, 0.15) is 5.56 Å². The number of fused-ring (bicyclic) bond motifs is 1. The van der Waals surface area contributed by atoms with Crippen molar-refractivity contribution in [3.8, 4) is 11.5 Å². The van der Waals surface area contributed by atoms with E-state index >= 15 is 0 Å². The fraction of sp³-hybridized carbons (Fsp3) is 0.0588. The minimum Gasteiger partial charge on any atom is -0.456 e. The van der Waals surface area contributed by atoms with Crippen LogP contribution in [0.25, 0.3) is 10.8 Å². The van der Waals surface area contributed by atoms with Crippen LogP contribution in [0, 0.1) is 0 Å². The van der Waals surface area contributed by atoms with E-state index in [4.69, 9.17) is 22.1 Å². The van der Waals surface area contributed by atoms with Crippen molar-refractivity contribution in [2.45, 2.75) is 6.54 Å². The summed E-state index contributed by atoms with van der Waals surface area (Å²) in [6, 6.07) is 17.6. The molecule has 3 aromatic carbocycles. The topological polar surface area (TPSA) is 35.2 Å². The lowest BCUT2D eigenvalue weighted by molar-refractivity contribution is 0.474. The van der Waals surface area contributed by atoms with E-state index in [1.54, 1.807) is 0 Å². The van der Waals surface area contributed by atoms with Gasteiger partial charge in [0.25, 0.3) is 0 Å². The zero-order chi connectivity index (χ0) is 14.8. The van der Waals surface area contributed by atoms with Gasteiger partial charge in [-0.25, -0.2) is 0 Å². The van der Waals surface area contributed by atoms with E-state index in [0.29, 0.717) is 17.3 Å². The van der Waals surface area contributed by atoms with Gasteiger partial charge in [0, 0.05) is 17.1 Å². The molecule has 3 aromatic rings. The van der Waals surface area contributed by atoms with Crippen LogP contribution < -0.4 is 10.5 Å². The summed E-state index contributed by atoms with van der Waals surface area (Å²) in [6.07, 6.45) is 0. The molecule has 0 aliphatic carbocycles. The van der Waals surface area contributed by atoms with Gasteiger partial charge < -0.3 is 10.5 Å². The molecule has 0 radical (unpaired) electrons. The summed E-state index contributed by atoms with van der Waals surface area (Å²) in [6.45, 7) is 0.334. The van der Waals surface area contributed by atoms with Crippen LogP contribution in [0.4, 0.5) is 0 Å². The third kappa shape index (κ3) is 2.77. The molecule has 106 valence electrons. The zero-order valence-electron chi connectivity index (χ0n) is 11.1. The Hall–Kier alpha value is -1.55. The molecule has 0 saturated carbocycles. The minimum atomic E-state index is 0.334. The second kappa shape index (κ2) is 6.06. The largest absolute Gasteiger partial charge is 0.456 e. The second-order valence-corrected chi connectivity index (χ2v) is 5.82. The van der Waals surface area contributed by atoms with E-state index in [9.17, 15) is 0 Å². The van der Waals surface area contributed by atoms with Crippen molar-refractivity contribution in [3.63, 3.8) is 0 Å². The zero-order valence-corrected chi connectivity index (χ0v) is 13.5. The van der Waals surface area contributed by atoms with Gasteiger partial charge in [-0.1, -0.05) is 48.0 Å². The number of halogens is 2. The molecule has 2 N–H and O–H groups in total. The SMILES string of the molecule is NCc1c(Cl)cccc1Oc1ccc2ccccc2c1Br. The van der Waals surface area contributed by atoms with Gasteiger partial charge in [-0.05, 0) is 44.9 Å². The van der Waals surface area contributed by atoms with E-state index in [2.05, 4.69) is 22.0 Å². The van der Waals surface area contributed by atoms with Gasteiger partial charge >= 0.3 is 0 Å². The maximum atomic E-state index is 6.16. The molecule has 2 nitrogen and oxygen atoms in total. The summed E-state index contributed by atoms with van der Waals surface area (Å²) in [5.74, 6) is 1.42. The summed E-state index contributed by atoms with van der Waals surface area (Å²) in [4.78, 5) is 0. The first-order chi connectivity index (χ1) is 10.2. The molecular formula is C17H13BrClNO. The number of benzene rings is 3. The van der Waals surface area contributed by atoms with Crippen LogP contribution >= 0.6 is 27.5 Å². The Morgan fingerprint density at radius 3 is 2.57 bits per heavy atom. The van der Waals surface area contributed by atoms with Crippen molar-refractivity contribution >= 4 is 38.3 Å². The third-order valence-corrected chi connectivity index (χ3v) is 4.50. The molecule has 0 unspecified atom stereocenters. The van der Waals surface area contributed by atoms with E-state index in [-0.39, 0.29) is 0 Å². The molecule has 0 fully saturated rings. The molecule has 21 heavy (non-hydrogen) atoms. The predicted octanol–water partition coefficient (Wildman–Crippen LogP) is 5.51. The lowest BCUT2D eigenvalue weighted by Gasteiger charge is -2.13. The van der Waals surface area contributed by atoms with Gasteiger partial charge in [0.1, 0.15) is 11.5 Å². The van der Waals surface area contributed by atoms with Crippen LogP contribution in [0.2, 0.25) is 5.02 Å². The first-order valence-electron chi connectivity index (χ1n) is 6.53. The molecule has 0 aromatic heterocycles. The molecule has 3 rings (SSSR count). The van der Waals surface area contributed by atoms with Gasteiger partial charge in [-0.15, -0.1) is 0 Å². The molecule has 0 heterocycles. The Kier molecular flexibility index (Phi) is 4.15. The van der Waals surface area contributed by atoms with E-state index in [1.165, 1.54) is 0 Å². The molecular weight excluding hydrogens is 350 g/mol. The smallest absolute Gasteiger partial charge is 0.142 e. The average molecular weight is 363 g/mol. The average Bonchev–Trinajstić information content (AvgIpc) is 2.50. The lowest BCUT2D eigenvalue weighted by Crippen LogP contribution is -2.00. The van der Waals surface area contributed by atoms with Gasteiger partial charge in [-0.3, -0.25) is 0 Å². The molecule has 0 amide bonds. The van der Waals surface area contributed by atoms with Gasteiger partial charge in [0.05, 0.1) is 4.47 Å². The maximum absolute atomic E-state index is 6.16. The van der Waals surface area contributed by atoms with Crippen molar-refractivity contribution in [2.24, 2.45) is 5.73 Å². The van der Waals surface area contributed by atoms with Crippen molar-refractivity contribution in [1.29, 1.82) is 0 Å². The first kappa shape index (κ1) is 14.4. The van der Waals surface area contributed by atoms with Crippen molar-refractivity contribution < 1.29 is 4.74 Å². The quantitative estimate of drug-likeness (QED) is 0.667. The van der Waals surface area contributed by atoms with E-state index < -0.39 is 0 Å². The second-order valence-electron chi connectivity index (χ2n) is 4.62. The Labute approximate surface area is 136 Å². The number of ether oxygens (including phenoxy) is 1. The Morgan fingerprint density at radius 1 is 0.952 bits per heavy atom. The predicted molar refractivity (Wildman–Crippen MR) is 91.1 cm³/mol. The molecule has 4 heteroatoms. The Bertz CT molecular complexity index is 804. The van der Waals surface area contributed by atoms with Crippen LogP contribution in [0.15, 0.2) is 59.1 Å². The molecule has 0 saturated heterocycles. The highest BCUT2D eigenvalue weighted by molar-refractivity contribution is 9.10. The fourth-order valence-corrected chi connectivity index (χ4v) is 3.06. The summed E-state index contributed by atoms with van der Waals surface area (Å²) in [5, 5.41) is 2.88.